The van der Waals surface area contributed by atoms with Crippen LogP contribution in [0.4, 0.5) is 0 Å². The minimum Gasteiger partial charge on any atom is -0.393 e. The fraction of sp³-hybridized carbons (Fsp3) is 0.647. The first-order valence-corrected chi connectivity index (χ1v) is 8.10. The molecule has 0 bridgehead atoms. The highest BCUT2D eigenvalue weighted by molar-refractivity contribution is 9.10. The van der Waals surface area contributed by atoms with Gasteiger partial charge in [0.15, 0.2) is 0 Å². The van der Waals surface area contributed by atoms with E-state index in [9.17, 15) is 5.11 Å². The molecule has 1 fully saturated rings. The molecular weight excluding hydrogens is 300 g/mol. The van der Waals surface area contributed by atoms with Crippen LogP contribution in [0.25, 0.3) is 0 Å². The fourth-order valence-electron chi connectivity index (χ4n) is 3.57. The Morgan fingerprint density at radius 2 is 2.05 bits per heavy atom. The zero-order valence-corrected chi connectivity index (χ0v) is 13.8. The third-order valence-corrected chi connectivity index (χ3v) is 5.12. The Morgan fingerprint density at radius 3 is 2.68 bits per heavy atom. The van der Waals surface area contributed by atoms with E-state index in [-0.39, 0.29) is 11.5 Å². The van der Waals surface area contributed by atoms with Crippen molar-refractivity contribution >= 4 is 15.9 Å². The maximum Gasteiger partial charge on any atom is 0.0576 e. The van der Waals surface area contributed by atoms with Crippen LogP contribution in [0.1, 0.15) is 45.6 Å². The van der Waals surface area contributed by atoms with Crippen LogP contribution in [0.5, 0.6) is 0 Å². The standard InChI is InChI=1S/C17H25BrO/c1-12-7-8-15(16(19)9-12)17(2,3)11-13-5-4-6-14(18)10-13/h4-6,10,12,15-16,19H,7-9,11H2,1-3H3. The van der Waals surface area contributed by atoms with Gasteiger partial charge in [-0.2, -0.15) is 0 Å². The number of aliphatic hydroxyl groups is 1. The summed E-state index contributed by atoms with van der Waals surface area (Å²) in [4.78, 5) is 0. The molecule has 0 aromatic heterocycles. The van der Waals surface area contributed by atoms with Crippen LogP contribution in [-0.2, 0) is 6.42 Å². The van der Waals surface area contributed by atoms with Gasteiger partial charge in [-0.1, -0.05) is 55.3 Å². The van der Waals surface area contributed by atoms with Gasteiger partial charge < -0.3 is 5.11 Å². The number of rotatable bonds is 3. The average molecular weight is 325 g/mol. The first-order chi connectivity index (χ1) is 8.88. The molecule has 1 aliphatic rings. The highest BCUT2D eigenvalue weighted by Crippen LogP contribution is 2.42. The average Bonchev–Trinajstić information content (AvgIpc) is 2.27. The second-order valence-corrected chi connectivity index (χ2v) is 7.80. The van der Waals surface area contributed by atoms with Crippen LogP contribution >= 0.6 is 15.9 Å². The van der Waals surface area contributed by atoms with Crippen molar-refractivity contribution in [1.82, 2.24) is 0 Å². The van der Waals surface area contributed by atoms with Crippen LogP contribution in [0.3, 0.4) is 0 Å². The number of aliphatic hydroxyl groups excluding tert-OH is 1. The van der Waals surface area contributed by atoms with Crippen LogP contribution < -0.4 is 0 Å². The maximum absolute atomic E-state index is 10.4. The Bertz CT molecular complexity index is 427. The molecule has 106 valence electrons. The largest absolute Gasteiger partial charge is 0.393 e. The van der Waals surface area contributed by atoms with E-state index in [0.29, 0.717) is 11.8 Å². The van der Waals surface area contributed by atoms with E-state index in [1.54, 1.807) is 0 Å². The lowest BCUT2D eigenvalue weighted by molar-refractivity contribution is -0.0125. The van der Waals surface area contributed by atoms with Crippen LogP contribution in [0, 0.1) is 17.3 Å². The second kappa shape index (κ2) is 5.97. The van der Waals surface area contributed by atoms with Gasteiger partial charge in [0.25, 0.3) is 0 Å². The SMILES string of the molecule is CC1CCC(C(C)(C)Cc2cccc(Br)c2)C(O)C1. The highest BCUT2D eigenvalue weighted by Gasteiger charge is 2.38. The molecule has 0 radical (unpaired) electrons. The lowest BCUT2D eigenvalue weighted by Crippen LogP contribution is -2.39. The van der Waals surface area contributed by atoms with Gasteiger partial charge >= 0.3 is 0 Å². The first-order valence-electron chi connectivity index (χ1n) is 7.31. The maximum atomic E-state index is 10.4. The minimum atomic E-state index is -0.133. The van der Waals surface area contributed by atoms with Crippen molar-refractivity contribution < 1.29 is 5.11 Å². The van der Waals surface area contributed by atoms with Crippen molar-refractivity contribution in [3.05, 3.63) is 34.3 Å². The molecule has 3 atom stereocenters. The summed E-state index contributed by atoms with van der Waals surface area (Å²) in [6.45, 7) is 6.86. The lowest BCUT2D eigenvalue weighted by atomic mass is 9.65. The molecule has 3 unspecified atom stereocenters. The summed E-state index contributed by atoms with van der Waals surface area (Å²) in [5.41, 5.74) is 1.51. The van der Waals surface area contributed by atoms with Crippen LogP contribution in [0.15, 0.2) is 28.7 Å². The topological polar surface area (TPSA) is 20.2 Å². The highest BCUT2D eigenvalue weighted by atomic mass is 79.9. The van der Waals surface area contributed by atoms with E-state index >= 15 is 0 Å². The molecule has 19 heavy (non-hydrogen) atoms. The summed E-state index contributed by atoms with van der Waals surface area (Å²) in [6, 6.07) is 8.53. The van der Waals surface area contributed by atoms with Gasteiger partial charge in [0.2, 0.25) is 0 Å². The summed E-state index contributed by atoms with van der Waals surface area (Å²) >= 11 is 3.54. The van der Waals surface area contributed by atoms with Gasteiger partial charge in [0.05, 0.1) is 6.10 Å². The molecule has 1 aromatic carbocycles. The van der Waals surface area contributed by atoms with Crippen molar-refractivity contribution in [1.29, 1.82) is 0 Å². The Labute approximate surface area is 125 Å². The summed E-state index contributed by atoms with van der Waals surface area (Å²) in [6.07, 6.45) is 4.27. The smallest absolute Gasteiger partial charge is 0.0576 e. The van der Waals surface area contributed by atoms with E-state index in [0.717, 1.165) is 23.7 Å². The Kier molecular flexibility index (Phi) is 4.73. The summed E-state index contributed by atoms with van der Waals surface area (Å²) in [7, 11) is 0. The summed E-state index contributed by atoms with van der Waals surface area (Å²) in [5, 5.41) is 10.4. The monoisotopic (exact) mass is 324 g/mol. The van der Waals surface area contributed by atoms with Gasteiger partial charge in [0.1, 0.15) is 0 Å². The number of benzene rings is 1. The number of hydrogen-bond acceptors (Lipinski definition) is 1. The second-order valence-electron chi connectivity index (χ2n) is 6.89. The molecule has 0 amide bonds. The van der Waals surface area contributed by atoms with Crippen LogP contribution in [-0.4, -0.2) is 11.2 Å². The molecule has 2 rings (SSSR count). The van der Waals surface area contributed by atoms with E-state index in [1.165, 1.54) is 12.0 Å². The van der Waals surface area contributed by atoms with Gasteiger partial charge in [-0.25, -0.2) is 0 Å². The van der Waals surface area contributed by atoms with Crippen molar-refractivity contribution in [3.63, 3.8) is 0 Å². The van der Waals surface area contributed by atoms with Crippen molar-refractivity contribution in [3.8, 4) is 0 Å². The van der Waals surface area contributed by atoms with Gasteiger partial charge in [-0.05, 0) is 54.2 Å². The molecule has 0 heterocycles. The van der Waals surface area contributed by atoms with Crippen LogP contribution in [0.2, 0.25) is 0 Å². The van der Waals surface area contributed by atoms with E-state index in [2.05, 4.69) is 61.0 Å². The molecule has 2 heteroatoms. The molecular formula is C17H25BrO. The minimum absolute atomic E-state index is 0.133. The van der Waals surface area contributed by atoms with E-state index < -0.39 is 0 Å². The van der Waals surface area contributed by atoms with E-state index in [4.69, 9.17) is 0 Å². The summed E-state index contributed by atoms with van der Waals surface area (Å²) < 4.78 is 1.14. The quantitative estimate of drug-likeness (QED) is 0.845. The first kappa shape index (κ1) is 15.1. The summed E-state index contributed by atoms with van der Waals surface area (Å²) in [5.74, 6) is 1.09. The molecule has 1 nitrogen and oxygen atoms in total. The Balaban J connectivity index is 2.09. The fourth-order valence-corrected chi connectivity index (χ4v) is 4.01. The predicted octanol–water partition coefficient (Wildman–Crippen LogP) is 4.81. The predicted molar refractivity (Wildman–Crippen MR) is 84.1 cm³/mol. The molecule has 1 aromatic rings. The Morgan fingerprint density at radius 1 is 1.32 bits per heavy atom. The van der Waals surface area contributed by atoms with Crippen molar-refractivity contribution in [2.45, 2.75) is 52.6 Å². The lowest BCUT2D eigenvalue weighted by Gasteiger charge is -2.42. The van der Waals surface area contributed by atoms with E-state index in [1.807, 2.05) is 0 Å². The molecule has 0 spiro atoms. The molecule has 0 aliphatic heterocycles. The number of hydrogen-bond donors (Lipinski definition) is 1. The molecule has 1 saturated carbocycles. The normalized spacial score (nSPS) is 28.4. The van der Waals surface area contributed by atoms with Gasteiger partial charge in [-0.15, -0.1) is 0 Å². The zero-order valence-electron chi connectivity index (χ0n) is 12.2. The molecule has 0 saturated heterocycles. The number of halogens is 1. The molecule has 1 N–H and O–H groups in total. The zero-order chi connectivity index (χ0) is 14.0. The third-order valence-electron chi connectivity index (χ3n) is 4.63. The third kappa shape index (κ3) is 3.82. The molecule has 1 aliphatic carbocycles. The van der Waals surface area contributed by atoms with Crippen molar-refractivity contribution in [2.75, 3.05) is 0 Å². The van der Waals surface area contributed by atoms with Gasteiger partial charge in [0, 0.05) is 4.47 Å². The van der Waals surface area contributed by atoms with Crippen molar-refractivity contribution in [2.24, 2.45) is 17.3 Å². The Hall–Kier alpha value is -0.340. The van der Waals surface area contributed by atoms with Gasteiger partial charge in [-0.3, -0.25) is 0 Å².